The minimum Gasteiger partial charge on any atom is -0.434 e. The maximum atomic E-state index is 13.0. The van der Waals surface area contributed by atoms with Crippen molar-refractivity contribution < 1.29 is 33.4 Å². The molecule has 1 aromatic heterocycles. The van der Waals surface area contributed by atoms with Crippen LogP contribution < -0.4 is 4.74 Å². The lowest BCUT2D eigenvalue weighted by Crippen LogP contribution is -2.22. The van der Waals surface area contributed by atoms with Crippen LogP contribution in [0.4, 0.5) is 14.5 Å². The van der Waals surface area contributed by atoms with Gasteiger partial charge in [-0.25, -0.2) is 4.68 Å². The monoisotopic (exact) mass is 479 g/mol. The molecule has 1 atom stereocenters. The zero-order valence-electron chi connectivity index (χ0n) is 17.2. The molecule has 1 aromatic carbocycles. The van der Waals surface area contributed by atoms with E-state index in [9.17, 15) is 29.1 Å². The van der Waals surface area contributed by atoms with Crippen molar-refractivity contribution in [1.82, 2.24) is 9.78 Å². The van der Waals surface area contributed by atoms with E-state index in [2.05, 4.69) is 29.5 Å². The van der Waals surface area contributed by atoms with Gasteiger partial charge in [-0.3, -0.25) is 10.1 Å². The van der Waals surface area contributed by atoms with Gasteiger partial charge in [0.05, 0.1) is 16.6 Å². The van der Waals surface area contributed by atoms with Crippen LogP contribution in [0.2, 0.25) is 30.7 Å². The largest absolute Gasteiger partial charge is 0.434 e. The Morgan fingerprint density at radius 1 is 1.35 bits per heavy atom. The van der Waals surface area contributed by atoms with Gasteiger partial charge in [0.2, 0.25) is 0 Å². The average molecular weight is 480 g/mol. The van der Waals surface area contributed by atoms with Crippen LogP contribution in [0.5, 0.6) is 5.75 Å². The fourth-order valence-corrected chi connectivity index (χ4v) is 3.75. The highest BCUT2D eigenvalue weighted by molar-refractivity contribution is 6.76. The summed E-state index contributed by atoms with van der Waals surface area (Å²) in [5, 5.41) is 34.6. The van der Waals surface area contributed by atoms with E-state index in [1.807, 2.05) is 0 Å². The van der Waals surface area contributed by atoms with Gasteiger partial charge in [-0.2, -0.15) is 13.9 Å². The first-order valence-corrected chi connectivity index (χ1v) is 13.4. The molecule has 13 heteroatoms. The number of halogens is 3. The summed E-state index contributed by atoms with van der Waals surface area (Å²) in [6.07, 6.45) is -0.463. The van der Waals surface area contributed by atoms with E-state index in [0.29, 0.717) is 6.61 Å². The molecule has 0 fully saturated rings. The fraction of sp³-hybridized carbons (Fsp3) is 0.500. The number of rotatable bonds is 11. The molecule has 0 amide bonds. The molecule has 0 saturated heterocycles. The maximum Gasteiger partial charge on any atom is 0.387 e. The summed E-state index contributed by atoms with van der Waals surface area (Å²) in [5.41, 5.74) is -0.788. The first kappa shape index (κ1) is 25.1. The van der Waals surface area contributed by atoms with Gasteiger partial charge in [0, 0.05) is 31.9 Å². The van der Waals surface area contributed by atoms with Gasteiger partial charge in [-0.15, -0.1) is 0 Å². The fourth-order valence-electron chi connectivity index (χ4n) is 2.72. The molecular weight excluding hydrogens is 456 g/mol. The minimum absolute atomic E-state index is 0.0116. The van der Waals surface area contributed by atoms with Gasteiger partial charge in [-0.1, -0.05) is 31.2 Å². The number of ether oxygens (including phenoxy) is 2. The van der Waals surface area contributed by atoms with E-state index in [1.54, 1.807) is 0 Å². The summed E-state index contributed by atoms with van der Waals surface area (Å²) in [6, 6.07) is 3.01. The molecule has 0 aliphatic carbocycles. The molecule has 2 rings (SSSR count). The molecule has 2 aromatic rings. The van der Waals surface area contributed by atoms with Crippen LogP contribution in [-0.2, 0) is 11.5 Å². The van der Waals surface area contributed by atoms with Crippen molar-refractivity contribution in [3.05, 3.63) is 39.0 Å². The lowest BCUT2D eigenvalue weighted by Gasteiger charge is -2.18. The molecule has 1 unspecified atom stereocenters. The zero-order chi connectivity index (χ0) is 23.3. The first-order valence-electron chi connectivity index (χ1n) is 9.30. The smallest absolute Gasteiger partial charge is 0.387 e. The van der Waals surface area contributed by atoms with Crippen LogP contribution in [0.25, 0.3) is 11.3 Å². The Labute approximate surface area is 183 Å². The van der Waals surface area contributed by atoms with Crippen molar-refractivity contribution in [2.24, 2.45) is 0 Å². The summed E-state index contributed by atoms with van der Waals surface area (Å²) >= 11 is 6.03. The van der Waals surface area contributed by atoms with Crippen LogP contribution in [0.1, 0.15) is 11.7 Å². The van der Waals surface area contributed by atoms with Crippen molar-refractivity contribution in [2.75, 3.05) is 13.2 Å². The topological polar surface area (TPSA) is 120 Å². The van der Waals surface area contributed by atoms with Gasteiger partial charge in [-0.05, 0) is 12.1 Å². The molecule has 0 bridgehead atoms. The number of benzene rings is 1. The Hall–Kier alpha value is -2.12. The third-order valence-electron chi connectivity index (χ3n) is 4.33. The predicted molar refractivity (Wildman–Crippen MR) is 112 cm³/mol. The molecular formula is C18H24ClF2N3O6Si. The molecule has 0 aliphatic rings. The minimum atomic E-state index is -3.23. The molecule has 0 spiro atoms. The number of hydrogen-bond donors (Lipinski definition) is 2. The van der Waals surface area contributed by atoms with Gasteiger partial charge in [0.15, 0.2) is 5.69 Å². The lowest BCUT2D eigenvalue weighted by atomic mass is 10.0. The second-order valence-corrected chi connectivity index (χ2v) is 14.0. The quantitative estimate of drug-likeness (QED) is 0.216. The molecule has 9 nitrogen and oxygen atoms in total. The van der Waals surface area contributed by atoms with Gasteiger partial charge in [0.25, 0.3) is 0 Å². The van der Waals surface area contributed by atoms with E-state index in [1.165, 1.54) is 0 Å². The number of hydrogen-bond acceptors (Lipinski definition) is 7. The number of aliphatic hydroxyl groups is 2. The van der Waals surface area contributed by atoms with Crippen LogP contribution in [0.3, 0.4) is 0 Å². The van der Waals surface area contributed by atoms with Crippen LogP contribution in [-0.4, -0.2) is 52.8 Å². The third kappa shape index (κ3) is 6.68. The number of nitro groups is 1. The molecule has 0 aliphatic heterocycles. The van der Waals surface area contributed by atoms with Gasteiger partial charge >= 0.3 is 12.3 Å². The number of aliphatic hydroxyl groups excluding tert-OH is 2. The van der Waals surface area contributed by atoms with Crippen LogP contribution in [0, 0.1) is 10.1 Å². The SMILES string of the molecule is C[Si](C)(C)CCOCn1ncc([N+](=O)[O-])c1-c1cc(C(O)CO)c(Cl)cc1OC(F)F. The summed E-state index contributed by atoms with van der Waals surface area (Å²) in [4.78, 5) is 10.8. The highest BCUT2D eigenvalue weighted by atomic mass is 35.5. The van der Waals surface area contributed by atoms with E-state index < -0.39 is 43.8 Å². The number of alkyl halides is 2. The normalized spacial score (nSPS) is 12.9. The molecule has 0 saturated carbocycles. The van der Waals surface area contributed by atoms with Crippen LogP contribution >= 0.6 is 11.6 Å². The van der Waals surface area contributed by atoms with Crippen molar-refractivity contribution in [3.63, 3.8) is 0 Å². The Morgan fingerprint density at radius 3 is 2.58 bits per heavy atom. The molecule has 31 heavy (non-hydrogen) atoms. The van der Waals surface area contributed by atoms with E-state index in [-0.39, 0.29) is 28.6 Å². The van der Waals surface area contributed by atoms with E-state index in [0.717, 1.165) is 29.1 Å². The highest BCUT2D eigenvalue weighted by Crippen LogP contribution is 2.41. The average Bonchev–Trinajstić information content (AvgIpc) is 3.07. The molecule has 172 valence electrons. The summed E-state index contributed by atoms with van der Waals surface area (Å²) in [7, 11) is -1.38. The van der Waals surface area contributed by atoms with E-state index in [4.69, 9.17) is 16.3 Å². The van der Waals surface area contributed by atoms with Crippen LogP contribution in [0.15, 0.2) is 18.3 Å². The summed E-state index contributed by atoms with van der Waals surface area (Å²) < 4.78 is 37.2. The Bertz CT molecular complexity index is 922. The molecule has 2 N–H and O–H groups in total. The zero-order valence-corrected chi connectivity index (χ0v) is 19.0. The number of aromatic nitrogens is 2. The van der Waals surface area contributed by atoms with Gasteiger partial charge < -0.3 is 19.7 Å². The Balaban J connectivity index is 2.55. The van der Waals surface area contributed by atoms with Crippen molar-refractivity contribution in [2.45, 2.75) is 45.1 Å². The first-order chi connectivity index (χ1) is 14.4. The highest BCUT2D eigenvalue weighted by Gasteiger charge is 2.28. The van der Waals surface area contributed by atoms with Crippen molar-refractivity contribution >= 4 is 25.4 Å². The summed E-state index contributed by atoms with van der Waals surface area (Å²) in [5.74, 6) is -0.444. The third-order valence-corrected chi connectivity index (χ3v) is 6.36. The predicted octanol–water partition coefficient (Wildman–Crippen LogP) is 4.05. The molecule has 0 radical (unpaired) electrons. The Morgan fingerprint density at radius 2 is 2.03 bits per heavy atom. The maximum absolute atomic E-state index is 13.0. The lowest BCUT2D eigenvalue weighted by molar-refractivity contribution is -0.384. The standard InChI is InChI=1S/C18H24ClF2N3O6Si/c1-31(2,3)5-4-29-10-23-17(14(8-22-23)24(27)28)12-6-11(15(26)9-25)13(19)7-16(12)30-18(20)21/h6-8,15,18,25-26H,4-5,9-10H2,1-3H3. The molecule has 1 heterocycles. The summed E-state index contributed by atoms with van der Waals surface area (Å²) in [6.45, 7) is 2.80. The number of nitrogens with zero attached hydrogens (tertiary/aromatic N) is 3. The van der Waals surface area contributed by atoms with Crippen molar-refractivity contribution in [1.29, 1.82) is 0 Å². The Kier molecular flexibility index (Phi) is 8.48. The van der Waals surface area contributed by atoms with Gasteiger partial charge in [0.1, 0.15) is 24.8 Å². The van der Waals surface area contributed by atoms with E-state index >= 15 is 0 Å². The second kappa shape index (κ2) is 10.5. The second-order valence-electron chi connectivity index (χ2n) is 7.93. The van der Waals surface area contributed by atoms with Crippen molar-refractivity contribution in [3.8, 4) is 17.0 Å².